The molecule has 1 aliphatic heterocycles. The maximum atomic E-state index is 8.86. The third kappa shape index (κ3) is 2.61. The molecule has 4 heteroatoms. The molecule has 3 nitrogen and oxygen atoms in total. The molecule has 1 unspecified atom stereocenters. The van der Waals surface area contributed by atoms with Crippen LogP contribution in [0.5, 0.6) is 0 Å². The highest BCUT2D eigenvalue weighted by Gasteiger charge is 2.14. The van der Waals surface area contributed by atoms with Crippen molar-refractivity contribution in [2.75, 3.05) is 29.1 Å². The van der Waals surface area contributed by atoms with Crippen molar-refractivity contribution in [3.8, 4) is 6.07 Å². The molecule has 1 atom stereocenters. The van der Waals surface area contributed by atoms with Crippen LogP contribution < -0.4 is 11.1 Å². The van der Waals surface area contributed by atoms with Gasteiger partial charge >= 0.3 is 0 Å². The summed E-state index contributed by atoms with van der Waals surface area (Å²) in [6.07, 6.45) is 1.29. The number of nitrogen functional groups attached to an aromatic ring is 1. The van der Waals surface area contributed by atoms with Gasteiger partial charge in [0, 0.05) is 17.9 Å². The summed E-state index contributed by atoms with van der Waals surface area (Å²) in [5.41, 5.74) is 7.75. The minimum atomic E-state index is 0.546. The zero-order valence-electron chi connectivity index (χ0n) is 9.07. The standard InChI is InChI=1S/C12H15N3S/c13-6-10-5-11(1-2-12(10)14)15-7-9-3-4-16-8-9/h1-2,5,9,15H,3-4,7-8,14H2. The number of nitrogens with zero attached hydrogens (tertiary/aromatic N) is 1. The van der Waals surface area contributed by atoms with E-state index in [-0.39, 0.29) is 0 Å². The van der Waals surface area contributed by atoms with Crippen molar-refractivity contribution in [2.24, 2.45) is 5.92 Å². The first-order valence-electron chi connectivity index (χ1n) is 5.41. The van der Waals surface area contributed by atoms with Gasteiger partial charge in [-0.15, -0.1) is 0 Å². The molecule has 0 aliphatic carbocycles. The quantitative estimate of drug-likeness (QED) is 0.786. The van der Waals surface area contributed by atoms with Gasteiger partial charge in [0.2, 0.25) is 0 Å². The van der Waals surface area contributed by atoms with Gasteiger partial charge in [-0.2, -0.15) is 17.0 Å². The van der Waals surface area contributed by atoms with E-state index in [1.54, 1.807) is 6.07 Å². The third-order valence-electron chi connectivity index (χ3n) is 2.79. The van der Waals surface area contributed by atoms with Crippen LogP contribution in [-0.2, 0) is 0 Å². The van der Waals surface area contributed by atoms with E-state index in [9.17, 15) is 0 Å². The van der Waals surface area contributed by atoms with Crippen molar-refractivity contribution >= 4 is 23.1 Å². The molecular weight excluding hydrogens is 218 g/mol. The lowest BCUT2D eigenvalue weighted by molar-refractivity contribution is 0.632. The molecule has 16 heavy (non-hydrogen) atoms. The molecular formula is C12H15N3S. The highest BCUT2D eigenvalue weighted by molar-refractivity contribution is 7.99. The van der Waals surface area contributed by atoms with Crippen LogP contribution >= 0.6 is 11.8 Å². The Kier molecular flexibility index (Phi) is 3.58. The lowest BCUT2D eigenvalue weighted by atomic mass is 10.1. The number of nitrogens with one attached hydrogen (secondary N) is 1. The molecule has 1 aromatic rings. The second-order valence-corrected chi connectivity index (χ2v) is 5.17. The lowest BCUT2D eigenvalue weighted by Gasteiger charge is -2.11. The van der Waals surface area contributed by atoms with Crippen LogP contribution in [0.25, 0.3) is 0 Å². The monoisotopic (exact) mass is 233 g/mol. The SMILES string of the molecule is N#Cc1cc(NCC2CCSC2)ccc1N. The van der Waals surface area contributed by atoms with Crippen molar-refractivity contribution in [1.82, 2.24) is 0 Å². The summed E-state index contributed by atoms with van der Waals surface area (Å²) >= 11 is 2.02. The first-order valence-corrected chi connectivity index (χ1v) is 6.56. The Morgan fingerprint density at radius 3 is 3.12 bits per heavy atom. The predicted molar refractivity (Wildman–Crippen MR) is 69.5 cm³/mol. The van der Waals surface area contributed by atoms with Crippen LogP contribution in [0.1, 0.15) is 12.0 Å². The molecule has 0 amide bonds. The van der Waals surface area contributed by atoms with Crippen molar-refractivity contribution in [2.45, 2.75) is 6.42 Å². The maximum absolute atomic E-state index is 8.86. The summed E-state index contributed by atoms with van der Waals surface area (Å²) in [6, 6.07) is 7.62. The third-order valence-corrected chi connectivity index (χ3v) is 4.02. The Bertz CT molecular complexity index is 405. The molecule has 0 aromatic heterocycles. The highest BCUT2D eigenvalue weighted by Crippen LogP contribution is 2.24. The first kappa shape index (κ1) is 11.2. The van der Waals surface area contributed by atoms with Gasteiger partial charge in [-0.1, -0.05) is 0 Å². The Balaban J connectivity index is 1.96. The fourth-order valence-electron chi connectivity index (χ4n) is 1.77. The normalized spacial score (nSPS) is 19.3. The fourth-order valence-corrected chi connectivity index (χ4v) is 3.05. The zero-order valence-corrected chi connectivity index (χ0v) is 9.89. The molecule has 0 bridgehead atoms. The summed E-state index contributed by atoms with van der Waals surface area (Å²) in [4.78, 5) is 0. The average molecular weight is 233 g/mol. The molecule has 1 saturated heterocycles. The Hall–Kier alpha value is -1.34. The highest BCUT2D eigenvalue weighted by atomic mass is 32.2. The fraction of sp³-hybridized carbons (Fsp3) is 0.417. The number of benzene rings is 1. The van der Waals surface area contributed by atoms with Gasteiger partial charge in [0.05, 0.1) is 5.56 Å². The van der Waals surface area contributed by atoms with Crippen LogP contribution in [0.3, 0.4) is 0 Å². The van der Waals surface area contributed by atoms with E-state index in [0.29, 0.717) is 11.3 Å². The van der Waals surface area contributed by atoms with Crippen LogP contribution in [0, 0.1) is 17.2 Å². The molecule has 1 fully saturated rings. The van der Waals surface area contributed by atoms with Crippen LogP contribution in [0.4, 0.5) is 11.4 Å². The van der Waals surface area contributed by atoms with Gasteiger partial charge in [0.1, 0.15) is 6.07 Å². The summed E-state index contributed by atoms with van der Waals surface area (Å²) < 4.78 is 0. The maximum Gasteiger partial charge on any atom is 0.101 e. The number of thioether (sulfide) groups is 1. The minimum absolute atomic E-state index is 0.546. The van der Waals surface area contributed by atoms with Crippen molar-refractivity contribution in [3.63, 3.8) is 0 Å². The van der Waals surface area contributed by atoms with Gasteiger partial charge in [0.15, 0.2) is 0 Å². The molecule has 1 aliphatic rings. The van der Waals surface area contributed by atoms with Gasteiger partial charge in [-0.05, 0) is 42.0 Å². The van der Waals surface area contributed by atoms with Gasteiger partial charge in [-0.3, -0.25) is 0 Å². The second kappa shape index (κ2) is 5.13. The van der Waals surface area contributed by atoms with E-state index in [2.05, 4.69) is 11.4 Å². The van der Waals surface area contributed by atoms with Crippen LogP contribution in [0.2, 0.25) is 0 Å². The molecule has 3 N–H and O–H groups in total. The van der Waals surface area contributed by atoms with E-state index in [0.717, 1.165) is 18.2 Å². The van der Waals surface area contributed by atoms with Crippen LogP contribution in [0.15, 0.2) is 18.2 Å². The molecule has 0 spiro atoms. The number of hydrogen-bond donors (Lipinski definition) is 2. The van der Waals surface area contributed by atoms with E-state index < -0.39 is 0 Å². The predicted octanol–water partition coefficient (Wildman–Crippen LogP) is 2.31. The lowest BCUT2D eigenvalue weighted by Crippen LogP contribution is -2.13. The average Bonchev–Trinajstić information content (AvgIpc) is 2.81. The van der Waals surface area contributed by atoms with Crippen molar-refractivity contribution in [1.29, 1.82) is 5.26 Å². The number of anilines is 2. The number of hydrogen-bond acceptors (Lipinski definition) is 4. The Labute approximate surface area is 100 Å². The summed E-state index contributed by atoms with van der Waals surface area (Å²) in [6.45, 7) is 0.988. The molecule has 1 aromatic carbocycles. The van der Waals surface area contributed by atoms with E-state index >= 15 is 0 Å². The first-order chi connectivity index (χ1) is 7.79. The Morgan fingerprint density at radius 1 is 1.56 bits per heavy atom. The van der Waals surface area contributed by atoms with Crippen molar-refractivity contribution in [3.05, 3.63) is 23.8 Å². The number of nitrogens with two attached hydrogens (primary N) is 1. The summed E-state index contributed by atoms with van der Waals surface area (Å²) in [5.74, 6) is 3.28. The number of nitriles is 1. The van der Waals surface area contributed by atoms with Gasteiger partial charge in [0.25, 0.3) is 0 Å². The molecule has 2 rings (SSSR count). The smallest absolute Gasteiger partial charge is 0.101 e. The number of rotatable bonds is 3. The Morgan fingerprint density at radius 2 is 2.44 bits per heavy atom. The topological polar surface area (TPSA) is 61.8 Å². The molecule has 84 valence electrons. The second-order valence-electron chi connectivity index (χ2n) is 4.02. The summed E-state index contributed by atoms with van der Waals surface area (Å²) in [7, 11) is 0. The van der Waals surface area contributed by atoms with E-state index in [1.807, 2.05) is 23.9 Å². The molecule has 0 radical (unpaired) electrons. The van der Waals surface area contributed by atoms with Gasteiger partial charge < -0.3 is 11.1 Å². The van der Waals surface area contributed by atoms with E-state index in [1.165, 1.54) is 17.9 Å². The van der Waals surface area contributed by atoms with Crippen LogP contribution in [-0.4, -0.2) is 18.1 Å². The van der Waals surface area contributed by atoms with Gasteiger partial charge in [-0.25, -0.2) is 0 Å². The minimum Gasteiger partial charge on any atom is -0.398 e. The van der Waals surface area contributed by atoms with E-state index in [4.69, 9.17) is 11.0 Å². The van der Waals surface area contributed by atoms with Crippen molar-refractivity contribution < 1.29 is 0 Å². The molecule has 1 heterocycles. The largest absolute Gasteiger partial charge is 0.398 e. The zero-order chi connectivity index (χ0) is 11.4. The summed E-state index contributed by atoms with van der Waals surface area (Å²) in [5, 5.41) is 12.2. The molecule has 0 saturated carbocycles.